The Balaban J connectivity index is 2.55. The molecule has 1 unspecified atom stereocenters. The molecule has 0 aliphatic rings. The molecule has 0 aliphatic heterocycles. The summed E-state index contributed by atoms with van der Waals surface area (Å²) in [6.45, 7) is 11.7. The van der Waals surface area contributed by atoms with Gasteiger partial charge in [-0.3, -0.25) is 4.79 Å². The third kappa shape index (κ3) is 5.92. The molecular weight excluding hydrogens is 238 g/mol. The maximum absolute atomic E-state index is 11.9. The number of hydrogen-bond donors (Lipinski definition) is 2. The van der Waals surface area contributed by atoms with Crippen LogP contribution in [0.15, 0.2) is 18.3 Å². The van der Waals surface area contributed by atoms with Crippen molar-refractivity contribution in [2.75, 3.05) is 0 Å². The fraction of sp³-hybridized carbons (Fsp3) is 0.667. The second kappa shape index (κ2) is 6.75. The zero-order valence-electron chi connectivity index (χ0n) is 12.8. The first kappa shape index (κ1) is 15.8. The van der Waals surface area contributed by atoms with Gasteiger partial charge in [-0.2, -0.15) is 0 Å². The van der Waals surface area contributed by atoms with Gasteiger partial charge in [0.15, 0.2) is 0 Å². The van der Waals surface area contributed by atoms with Crippen LogP contribution in [0.2, 0.25) is 0 Å². The summed E-state index contributed by atoms with van der Waals surface area (Å²) in [7, 11) is 0. The van der Waals surface area contributed by atoms with Gasteiger partial charge >= 0.3 is 0 Å². The zero-order chi connectivity index (χ0) is 14.5. The minimum absolute atomic E-state index is 0.0718. The van der Waals surface area contributed by atoms with Gasteiger partial charge in [-0.25, -0.2) is 0 Å². The lowest BCUT2D eigenvalue weighted by molar-refractivity contribution is -0.122. The average Bonchev–Trinajstić information content (AvgIpc) is 2.72. The van der Waals surface area contributed by atoms with Crippen LogP contribution in [0.1, 0.15) is 46.7 Å². The highest BCUT2D eigenvalue weighted by Crippen LogP contribution is 2.06. The molecule has 1 atom stereocenters. The molecule has 0 aromatic carbocycles. The van der Waals surface area contributed by atoms with Crippen LogP contribution < -0.4 is 10.6 Å². The topological polar surface area (TPSA) is 46.1 Å². The molecule has 0 radical (unpaired) electrons. The van der Waals surface area contributed by atoms with E-state index in [2.05, 4.69) is 44.4 Å². The van der Waals surface area contributed by atoms with Gasteiger partial charge in [0.1, 0.15) is 6.54 Å². The number of rotatable bonds is 6. The minimum Gasteiger partial charge on any atom is -0.352 e. The first-order valence-electron chi connectivity index (χ1n) is 7.00. The Labute approximate surface area is 116 Å². The lowest BCUT2D eigenvalue weighted by Gasteiger charge is -2.21. The Kier molecular flexibility index (Phi) is 5.60. The molecule has 1 amide bonds. The van der Waals surface area contributed by atoms with Gasteiger partial charge in [0.25, 0.3) is 0 Å². The molecule has 108 valence electrons. The summed E-state index contributed by atoms with van der Waals surface area (Å²) in [5.74, 6) is 0.0718. The van der Waals surface area contributed by atoms with Crippen molar-refractivity contribution in [1.82, 2.24) is 15.2 Å². The van der Waals surface area contributed by atoms with Crippen LogP contribution >= 0.6 is 0 Å². The Morgan fingerprint density at radius 2 is 2.11 bits per heavy atom. The second-order valence-electron chi connectivity index (χ2n) is 6.11. The van der Waals surface area contributed by atoms with E-state index in [0.717, 1.165) is 18.7 Å². The molecule has 0 spiro atoms. The van der Waals surface area contributed by atoms with Crippen LogP contribution in [0.3, 0.4) is 0 Å². The first-order chi connectivity index (χ1) is 8.81. The van der Waals surface area contributed by atoms with E-state index < -0.39 is 0 Å². The van der Waals surface area contributed by atoms with Crippen molar-refractivity contribution >= 4 is 5.91 Å². The standard InChI is InChI=1S/C15H27N3O/c1-6-12(2)17-14(19)11-18-9-7-8-13(18)10-16-15(3,4)5/h7-9,12,16H,6,10-11H2,1-5H3,(H,17,19). The summed E-state index contributed by atoms with van der Waals surface area (Å²) < 4.78 is 2.00. The number of nitrogens with zero attached hydrogens (tertiary/aromatic N) is 1. The van der Waals surface area contributed by atoms with Crippen molar-refractivity contribution in [2.45, 2.75) is 65.7 Å². The number of carbonyl (C=O) groups excluding carboxylic acids is 1. The summed E-state index contributed by atoms with van der Waals surface area (Å²) >= 11 is 0. The molecule has 0 aliphatic carbocycles. The van der Waals surface area contributed by atoms with E-state index >= 15 is 0 Å². The molecule has 0 fully saturated rings. The summed E-state index contributed by atoms with van der Waals surface area (Å²) in [6.07, 6.45) is 2.91. The van der Waals surface area contributed by atoms with Crippen LogP contribution in [-0.4, -0.2) is 22.1 Å². The van der Waals surface area contributed by atoms with Gasteiger partial charge in [0, 0.05) is 30.0 Å². The normalized spacial score (nSPS) is 13.3. The van der Waals surface area contributed by atoms with Gasteiger partial charge < -0.3 is 15.2 Å². The van der Waals surface area contributed by atoms with Gasteiger partial charge in [-0.1, -0.05) is 6.92 Å². The van der Waals surface area contributed by atoms with E-state index in [9.17, 15) is 4.79 Å². The van der Waals surface area contributed by atoms with Crippen molar-refractivity contribution in [1.29, 1.82) is 0 Å². The fourth-order valence-corrected chi connectivity index (χ4v) is 1.70. The van der Waals surface area contributed by atoms with Crippen LogP contribution in [0, 0.1) is 0 Å². The van der Waals surface area contributed by atoms with Gasteiger partial charge in [0.2, 0.25) is 5.91 Å². The highest BCUT2D eigenvalue weighted by molar-refractivity contribution is 5.76. The van der Waals surface area contributed by atoms with Crippen molar-refractivity contribution < 1.29 is 4.79 Å². The predicted octanol–water partition coefficient (Wildman–Crippen LogP) is 2.29. The van der Waals surface area contributed by atoms with E-state index in [0.29, 0.717) is 6.54 Å². The first-order valence-corrected chi connectivity index (χ1v) is 7.00. The van der Waals surface area contributed by atoms with Crippen LogP contribution in [0.5, 0.6) is 0 Å². The quantitative estimate of drug-likeness (QED) is 0.829. The molecule has 19 heavy (non-hydrogen) atoms. The molecule has 0 saturated carbocycles. The summed E-state index contributed by atoms with van der Waals surface area (Å²) in [4.78, 5) is 11.9. The zero-order valence-corrected chi connectivity index (χ0v) is 12.8. The third-order valence-corrected chi connectivity index (χ3v) is 3.06. The highest BCUT2D eigenvalue weighted by atomic mass is 16.2. The van der Waals surface area contributed by atoms with E-state index in [1.165, 1.54) is 0 Å². The molecule has 1 rings (SSSR count). The van der Waals surface area contributed by atoms with E-state index in [-0.39, 0.29) is 17.5 Å². The lowest BCUT2D eigenvalue weighted by Crippen LogP contribution is -2.37. The number of carbonyl (C=O) groups is 1. The van der Waals surface area contributed by atoms with Crippen molar-refractivity contribution in [3.05, 3.63) is 24.0 Å². The molecular formula is C15H27N3O. The van der Waals surface area contributed by atoms with Gasteiger partial charge in [-0.15, -0.1) is 0 Å². The maximum Gasteiger partial charge on any atom is 0.240 e. The highest BCUT2D eigenvalue weighted by Gasteiger charge is 2.12. The van der Waals surface area contributed by atoms with Crippen molar-refractivity contribution in [2.24, 2.45) is 0 Å². The lowest BCUT2D eigenvalue weighted by atomic mass is 10.1. The Hall–Kier alpha value is -1.29. The number of aromatic nitrogens is 1. The van der Waals surface area contributed by atoms with Crippen LogP contribution in [0.4, 0.5) is 0 Å². The molecule has 0 saturated heterocycles. The van der Waals surface area contributed by atoms with Gasteiger partial charge in [-0.05, 0) is 46.2 Å². The Morgan fingerprint density at radius 1 is 1.42 bits per heavy atom. The monoisotopic (exact) mass is 265 g/mol. The smallest absolute Gasteiger partial charge is 0.240 e. The fourth-order valence-electron chi connectivity index (χ4n) is 1.70. The average molecular weight is 265 g/mol. The number of amides is 1. The predicted molar refractivity (Wildman–Crippen MR) is 78.9 cm³/mol. The van der Waals surface area contributed by atoms with Crippen LogP contribution in [-0.2, 0) is 17.9 Å². The molecule has 4 heteroatoms. The summed E-state index contributed by atoms with van der Waals surface area (Å²) in [5.41, 5.74) is 1.21. The third-order valence-electron chi connectivity index (χ3n) is 3.06. The van der Waals surface area contributed by atoms with E-state index in [4.69, 9.17) is 0 Å². The van der Waals surface area contributed by atoms with E-state index in [1.807, 2.05) is 23.8 Å². The summed E-state index contributed by atoms with van der Waals surface area (Å²) in [6, 6.07) is 4.27. The Bertz CT molecular complexity index is 404. The summed E-state index contributed by atoms with van der Waals surface area (Å²) in [5, 5.41) is 6.42. The van der Waals surface area contributed by atoms with Crippen molar-refractivity contribution in [3.8, 4) is 0 Å². The molecule has 1 heterocycles. The van der Waals surface area contributed by atoms with Gasteiger partial charge in [0.05, 0.1) is 0 Å². The molecule has 1 aromatic heterocycles. The van der Waals surface area contributed by atoms with E-state index in [1.54, 1.807) is 0 Å². The number of nitrogens with one attached hydrogen (secondary N) is 2. The minimum atomic E-state index is 0.0718. The maximum atomic E-state index is 11.9. The van der Waals surface area contributed by atoms with Crippen molar-refractivity contribution in [3.63, 3.8) is 0 Å². The second-order valence-corrected chi connectivity index (χ2v) is 6.11. The molecule has 2 N–H and O–H groups in total. The molecule has 4 nitrogen and oxygen atoms in total. The number of hydrogen-bond acceptors (Lipinski definition) is 2. The Morgan fingerprint density at radius 3 is 2.68 bits per heavy atom. The van der Waals surface area contributed by atoms with Crippen LogP contribution in [0.25, 0.3) is 0 Å². The molecule has 0 bridgehead atoms. The largest absolute Gasteiger partial charge is 0.352 e. The molecule has 1 aromatic rings. The SMILES string of the molecule is CCC(C)NC(=O)Cn1cccc1CNC(C)(C)C.